The zero-order valence-electron chi connectivity index (χ0n) is 20.7. The first-order valence-corrected chi connectivity index (χ1v) is 12.6. The summed E-state index contributed by atoms with van der Waals surface area (Å²) < 4.78 is 6.06. The van der Waals surface area contributed by atoms with Crippen LogP contribution < -0.4 is 4.90 Å². The molecule has 7 nitrogen and oxygen atoms in total. The van der Waals surface area contributed by atoms with Gasteiger partial charge in [-0.15, -0.1) is 0 Å². The average molecular weight is 465 g/mol. The molecule has 0 saturated carbocycles. The van der Waals surface area contributed by atoms with Gasteiger partial charge in [-0.3, -0.25) is 14.5 Å². The molecule has 0 aromatic carbocycles. The SMILES string of the molecule is Cc1c(C(=O)N2CCCC(CN3CCN(c4ccccn4)CC3)C2)oc2c1C(=O)CC(C)(C)C2. The fourth-order valence-electron chi connectivity index (χ4n) is 5.89. The topological polar surface area (TPSA) is 69.9 Å². The third-order valence-corrected chi connectivity index (χ3v) is 7.64. The van der Waals surface area contributed by atoms with Crippen LogP contribution in [0.25, 0.3) is 0 Å². The van der Waals surface area contributed by atoms with Crippen LogP contribution in [0.5, 0.6) is 0 Å². The second-order valence-corrected chi connectivity index (χ2v) is 11.0. The highest BCUT2D eigenvalue weighted by Crippen LogP contribution is 2.38. The Bertz CT molecular complexity index is 1050. The van der Waals surface area contributed by atoms with Crippen molar-refractivity contribution >= 4 is 17.5 Å². The Balaban J connectivity index is 1.20. The molecule has 1 amide bonds. The van der Waals surface area contributed by atoms with E-state index in [1.807, 2.05) is 30.2 Å². The molecule has 0 radical (unpaired) electrons. The molecule has 2 fully saturated rings. The average Bonchev–Trinajstić information content (AvgIpc) is 3.15. The van der Waals surface area contributed by atoms with Crippen LogP contribution in [0.1, 0.15) is 65.3 Å². The first kappa shape index (κ1) is 23.1. The van der Waals surface area contributed by atoms with Crippen molar-refractivity contribution in [2.75, 3.05) is 50.7 Å². The second-order valence-electron chi connectivity index (χ2n) is 11.0. The normalized spacial score (nSPS) is 23.1. The predicted octanol–water partition coefficient (Wildman–Crippen LogP) is 3.81. The Morgan fingerprint density at radius 2 is 1.94 bits per heavy atom. The van der Waals surface area contributed by atoms with E-state index in [9.17, 15) is 9.59 Å². The van der Waals surface area contributed by atoms with Crippen molar-refractivity contribution in [3.05, 3.63) is 47.0 Å². The van der Waals surface area contributed by atoms with Crippen LogP contribution in [0.15, 0.2) is 28.8 Å². The van der Waals surface area contributed by atoms with Crippen LogP contribution in [0.2, 0.25) is 0 Å². The Morgan fingerprint density at radius 1 is 1.15 bits per heavy atom. The molecule has 4 heterocycles. The second kappa shape index (κ2) is 9.17. The highest BCUT2D eigenvalue weighted by Gasteiger charge is 2.38. The number of fused-ring (bicyclic) bond motifs is 1. The Kier molecular flexibility index (Phi) is 6.23. The number of anilines is 1. The number of piperazine rings is 1. The number of carbonyl (C=O) groups excluding carboxylic acids is 2. The number of piperidine rings is 1. The molecule has 5 rings (SSSR count). The van der Waals surface area contributed by atoms with Crippen LogP contribution in [-0.2, 0) is 6.42 Å². The molecular weight excluding hydrogens is 428 g/mol. The van der Waals surface area contributed by atoms with Gasteiger partial charge in [0.2, 0.25) is 0 Å². The lowest BCUT2D eigenvalue weighted by Gasteiger charge is -2.39. The quantitative estimate of drug-likeness (QED) is 0.685. The van der Waals surface area contributed by atoms with Crippen molar-refractivity contribution in [2.24, 2.45) is 11.3 Å². The smallest absolute Gasteiger partial charge is 0.289 e. The number of likely N-dealkylation sites (tertiary alicyclic amines) is 1. The first-order valence-electron chi connectivity index (χ1n) is 12.6. The number of nitrogens with zero attached hydrogens (tertiary/aromatic N) is 4. The first-order chi connectivity index (χ1) is 16.3. The standard InChI is InChI=1S/C27H36N4O3/c1-19-24-21(32)15-27(2,3)16-22(24)34-25(19)26(33)31-10-6-7-20(18-31)17-29-11-13-30(14-12-29)23-8-4-5-9-28-23/h4-5,8-9,20H,6-7,10-18H2,1-3H3. The molecule has 34 heavy (non-hydrogen) atoms. The van der Waals surface area contributed by atoms with E-state index in [4.69, 9.17) is 4.42 Å². The summed E-state index contributed by atoms with van der Waals surface area (Å²) in [5.41, 5.74) is 1.26. The highest BCUT2D eigenvalue weighted by molar-refractivity contribution is 6.03. The third kappa shape index (κ3) is 4.63. The van der Waals surface area contributed by atoms with Gasteiger partial charge in [0.05, 0.1) is 5.56 Å². The maximum absolute atomic E-state index is 13.4. The lowest BCUT2D eigenvalue weighted by molar-refractivity contribution is 0.0601. The molecule has 182 valence electrons. The van der Waals surface area contributed by atoms with Gasteiger partial charge >= 0.3 is 0 Å². The number of ketones is 1. The fourth-order valence-corrected chi connectivity index (χ4v) is 5.89. The predicted molar refractivity (Wildman–Crippen MR) is 131 cm³/mol. The molecule has 1 aliphatic carbocycles. The van der Waals surface area contributed by atoms with Gasteiger partial charge in [-0.05, 0) is 43.2 Å². The van der Waals surface area contributed by atoms with E-state index in [1.165, 1.54) is 0 Å². The van der Waals surface area contributed by atoms with E-state index in [2.05, 4.69) is 34.7 Å². The molecule has 0 spiro atoms. The summed E-state index contributed by atoms with van der Waals surface area (Å²) in [5, 5.41) is 0. The van der Waals surface area contributed by atoms with Crippen molar-refractivity contribution in [3.63, 3.8) is 0 Å². The molecule has 2 aromatic heterocycles. The molecule has 1 atom stereocenters. The highest BCUT2D eigenvalue weighted by atomic mass is 16.4. The summed E-state index contributed by atoms with van der Waals surface area (Å²) >= 11 is 0. The van der Waals surface area contributed by atoms with Crippen LogP contribution >= 0.6 is 0 Å². The summed E-state index contributed by atoms with van der Waals surface area (Å²) in [6, 6.07) is 6.06. The molecule has 2 aliphatic heterocycles. The summed E-state index contributed by atoms with van der Waals surface area (Å²) in [7, 11) is 0. The number of furan rings is 1. The van der Waals surface area contributed by atoms with E-state index in [-0.39, 0.29) is 17.1 Å². The Labute approximate surface area is 202 Å². The van der Waals surface area contributed by atoms with E-state index >= 15 is 0 Å². The zero-order chi connectivity index (χ0) is 23.9. The van der Waals surface area contributed by atoms with Gasteiger partial charge in [0.1, 0.15) is 11.6 Å². The van der Waals surface area contributed by atoms with Crippen molar-refractivity contribution in [2.45, 2.75) is 46.5 Å². The van der Waals surface area contributed by atoms with E-state index < -0.39 is 0 Å². The van der Waals surface area contributed by atoms with Gasteiger partial charge in [-0.1, -0.05) is 19.9 Å². The van der Waals surface area contributed by atoms with Crippen molar-refractivity contribution < 1.29 is 14.0 Å². The number of amides is 1. The number of carbonyl (C=O) groups is 2. The summed E-state index contributed by atoms with van der Waals surface area (Å²) in [5.74, 6) is 2.64. The van der Waals surface area contributed by atoms with Crippen LogP contribution in [0.3, 0.4) is 0 Å². The maximum Gasteiger partial charge on any atom is 0.289 e. The summed E-state index contributed by atoms with van der Waals surface area (Å²) in [6.45, 7) is 12.6. The molecule has 0 bridgehead atoms. The summed E-state index contributed by atoms with van der Waals surface area (Å²) in [4.78, 5) is 37.5. The molecule has 3 aliphatic rings. The monoisotopic (exact) mass is 464 g/mol. The Hall–Kier alpha value is -2.67. The minimum atomic E-state index is -0.120. The van der Waals surface area contributed by atoms with Crippen molar-refractivity contribution in [1.29, 1.82) is 0 Å². The number of rotatable bonds is 4. The van der Waals surface area contributed by atoms with Gasteiger partial charge in [0, 0.05) is 70.4 Å². The number of Topliss-reactive ketones (excluding diaryl/α,β-unsaturated/α-hetero) is 1. The van der Waals surface area contributed by atoms with E-state index in [1.54, 1.807) is 0 Å². The number of hydrogen-bond donors (Lipinski definition) is 0. The maximum atomic E-state index is 13.4. The Morgan fingerprint density at radius 3 is 2.68 bits per heavy atom. The lowest BCUT2D eigenvalue weighted by atomic mass is 9.76. The number of hydrogen-bond acceptors (Lipinski definition) is 6. The molecule has 1 unspecified atom stereocenters. The fraction of sp³-hybridized carbons (Fsp3) is 0.593. The van der Waals surface area contributed by atoms with Gasteiger partial charge < -0.3 is 14.2 Å². The van der Waals surface area contributed by atoms with Crippen LogP contribution in [0, 0.1) is 18.3 Å². The van der Waals surface area contributed by atoms with Crippen LogP contribution in [-0.4, -0.2) is 72.3 Å². The molecular formula is C27H36N4O3. The zero-order valence-corrected chi connectivity index (χ0v) is 20.7. The molecule has 0 N–H and O–H groups in total. The lowest BCUT2D eigenvalue weighted by Crippen LogP contribution is -2.50. The van der Waals surface area contributed by atoms with E-state index in [0.717, 1.165) is 70.0 Å². The van der Waals surface area contributed by atoms with Crippen molar-refractivity contribution in [1.82, 2.24) is 14.8 Å². The van der Waals surface area contributed by atoms with Gasteiger partial charge in [0.15, 0.2) is 11.5 Å². The third-order valence-electron chi connectivity index (χ3n) is 7.64. The largest absolute Gasteiger partial charge is 0.455 e. The summed E-state index contributed by atoms with van der Waals surface area (Å²) in [6.07, 6.45) is 5.21. The van der Waals surface area contributed by atoms with Gasteiger partial charge in [-0.25, -0.2) is 4.98 Å². The van der Waals surface area contributed by atoms with Crippen LogP contribution in [0.4, 0.5) is 5.82 Å². The minimum absolute atomic E-state index is 0.0535. The number of aromatic nitrogens is 1. The molecule has 2 saturated heterocycles. The molecule has 7 heteroatoms. The molecule has 2 aromatic rings. The number of pyridine rings is 1. The van der Waals surface area contributed by atoms with Crippen molar-refractivity contribution in [3.8, 4) is 0 Å². The minimum Gasteiger partial charge on any atom is -0.455 e. The van der Waals surface area contributed by atoms with Gasteiger partial charge in [-0.2, -0.15) is 0 Å². The van der Waals surface area contributed by atoms with Gasteiger partial charge in [0.25, 0.3) is 5.91 Å². The van der Waals surface area contributed by atoms with E-state index in [0.29, 0.717) is 35.8 Å².